The maximum Gasteiger partial charge on any atom is 0.168 e. The van der Waals surface area contributed by atoms with E-state index in [9.17, 15) is 0 Å². The minimum absolute atomic E-state index is 0.172. The standard InChI is InChI=1S/C11H18N2O2/c1-3-15-10-5-4-7-12-11(10)13-9(2)6-8-14/h4-5,7,9,14H,3,6,8H2,1-2H3,(H,12,13). The van der Waals surface area contributed by atoms with E-state index in [1.54, 1.807) is 6.20 Å². The van der Waals surface area contributed by atoms with Gasteiger partial charge in [0, 0.05) is 18.8 Å². The van der Waals surface area contributed by atoms with Crippen LogP contribution >= 0.6 is 0 Å². The maximum absolute atomic E-state index is 8.80. The van der Waals surface area contributed by atoms with E-state index in [0.717, 1.165) is 11.6 Å². The van der Waals surface area contributed by atoms with Gasteiger partial charge in [0.2, 0.25) is 0 Å². The van der Waals surface area contributed by atoms with Gasteiger partial charge in [-0.25, -0.2) is 4.98 Å². The minimum atomic E-state index is 0.172. The molecule has 0 aromatic carbocycles. The largest absolute Gasteiger partial charge is 0.490 e. The van der Waals surface area contributed by atoms with Crippen LogP contribution in [0.4, 0.5) is 5.82 Å². The summed E-state index contributed by atoms with van der Waals surface area (Å²) < 4.78 is 5.43. The molecule has 0 spiro atoms. The van der Waals surface area contributed by atoms with Crippen LogP contribution in [-0.4, -0.2) is 29.3 Å². The highest BCUT2D eigenvalue weighted by atomic mass is 16.5. The van der Waals surface area contributed by atoms with Crippen molar-refractivity contribution in [2.45, 2.75) is 26.3 Å². The molecule has 0 saturated heterocycles. The van der Waals surface area contributed by atoms with Crippen molar-refractivity contribution in [3.05, 3.63) is 18.3 Å². The van der Waals surface area contributed by atoms with Crippen molar-refractivity contribution < 1.29 is 9.84 Å². The Morgan fingerprint density at radius 1 is 1.60 bits per heavy atom. The highest BCUT2D eigenvalue weighted by Crippen LogP contribution is 2.21. The molecule has 0 radical (unpaired) electrons. The van der Waals surface area contributed by atoms with Crippen molar-refractivity contribution in [3.63, 3.8) is 0 Å². The van der Waals surface area contributed by atoms with Gasteiger partial charge < -0.3 is 15.2 Å². The molecule has 15 heavy (non-hydrogen) atoms. The SMILES string of the molecule is CCOc1cccnc1NC(C)CCO. The molecule has 1 unspecified atom stereocenters. The van der Waals surface area contributed by atoms with E-state index >= 15 is 0 Å². The Morgan fingerprint density at radius 3 is 3.07 bits per heavy atom. The van der Waals surface area contributed by atoms with E-state index in [2.05, 4.69) is 10.3 Å². The van der Waals surface area contributed by atoms with Gasteiger partial charge in [-0.2, -0.15) is 0 Å². The summed E-state index contributed by atoms with van der Waals surface area (Å²) in [6, 6.07) is 3.90. The van der Waals surface area contributed by atoms with E-state index in [-0.39, 0.29) is 12.6 Å². The second-order valence-electron chi connectivity index (χ2n) is 3.34. The normalized spacial score (nSPS) is 12.2. The fourth-order valence-corrected chi connectivity index (χ4v) is 1.27. The lowest BCUT2D eigenvalue weighted by molar-refractivity contribution is 0.281. The summed E-state index contributed by atoms with van der Waals surface area (Å²) in [4.78, 5) is 4.20. The molecule has 0 aliphatic carbocycles. The third-order valence-electron chi connectivity index (χ3n) is 2.02. The van der Waals surface area contributed by atoms with Crippen molar-refractivity contribution in [1.29, 1.82) is 0 Å². The minimum Gasteiger partial charge on any atom is -0.490 e. The van der Waals surface area contributed by atoms with Gasteiger partial charge in [-0.1, -0.05) is 0 Å². The van der Waals surface area contributed by atoms with Crippen molar-refractivity contribution >= 4 is 5.82 Å². The predicted molar refractivity (Wildman–Crippen MR) is 60.2 cm³/mol. The highest BCUT2D eigenvalue weighted by Gasteiger charge is 2.07. The number of aromatic nitrogens is 1. The first-order valence-corrected chi connectivity index (χ1v) is 5.23. The smallest absolute Gasteiger partial charge is 0.168 e. The molecule has 1 aromatic heterocycles. The molecule has 1 rings (SSSR count). The number of ether oxygens (including phenoxy) is 1. The van der Waals surface area contributed by atoms with E-state index in [0.29, 0.717) is 13.0 Å². The fourth-order valence-electron chi connectivity index (χ4n) is 1.27. The van der Waals surface area contributed by atoms with E-state index < -0.39 is 0 Å². The van der Waals surface area contributed by atoms with E-state index in [1.165, 1.54) is 0 Å². The summed E-state index contributed by atoms with van der Waals surface area (Å²) in [5.74, 6) is 1.49. The monoisotopic (exact) mass is 210 g/mol. The number of pyridine rings is 1. The molecule has 0 aliphatic rings. The number of aliphatic hydroxyl groups is 1. The van der Waals surface area contributed by atoms with Crippen molar-refractivity contribution in [1.82, 2.24) is 4.98 Å². The first-order valence-electron chi connectivity index (χ1n) is 5.23. The van der Waals surface area contributed by atoms with Crippen molar-refractivity contribution in [2.75, 3.05) is 18.5 Å². The van der Waals surface area contributed by atoms with Crippen LogP contribution in [0.5, 0.6) is 5.75 Å². The number of anilines is 1. The first kappa shape index (κ1) is 11.8. The van der Waals surface area contributed by atoms with Crippen molar-refractivity contribution in [2.24, 2.45) is 0 Å². The summed E-state index contributed by atoms with van der Waals surface area (Å²) >= 11 is 0. The Morgan fingerprint density at radius 2 is 2.40 bits per heavy atom. The second-order valence-corrected chi connectivity index (χ2v) is 3.34. The molecule has 4 nitrogen and oxygen atoms in total. The average Bonchev–Trinajstić information content (AvgIpc) is 2.21. The Labute approximate surface area is 90.3 Å². The van der Waals surface area contributed by atoms with Gasteiger partial charge in [0.15, 0.2) is 11.6 Å². The van der Waals surface area contributed by atoms with Crippen LogP contribution in [0.15, 0.2) is 18.3 Å². The summed E-state index contributed by atoms with van der Waals surface area (Å²) in [6.07, 6.45) is 2.42. The number of aliphatic hydroxyl groups excluding tert-OH is 1. The maximum atomic E-state index is 8.80. The summed E-state index contributed by atoms with van der Waals surface area (Å²) in [5, 5.41) is 12.0. The Bertz CT molecular complexity index is 292. The zero-order valence-corrected chi connectivity index (χ0v) is 9.23. The zero-order valence-electron chi connectivity index (χ0n) is 9.23. The topological polar surface area (TPSA) is 54.4 Å². The fraction of sp³-hybridized carbons (Fsp3) is 0.545. The van der Waals surface area contributed by atoms with Gasteiger partial charge in [-0.05, 0) is 32.4 Å². The molecule has 0 saturated carbocycles. The summed E-state index contributed by atoms with van der Waals surface area (Å²) in [6.45, 7) is 4.73. The number of hydrogen-bond acceptors (Lipinski definition) is 4. The van der Waals surface area contributed by atoms with Gasteiger partial charge in [0.25, 0.3) is 0 Å². The first-order chi connectivity index (χ1) is 7.27. The van der Waals surface area contributed by atoms with Crippen LogP contribution in [-0.2, 0) is 0 Å². The van der Waals surface area contributed by atoms with Crippen LogP contribution in [0, 0.1) is 0 Å². The average molecular weight is 210 g/mol. The second kappa shape index (κ2) is 6.24. The molecular formula is C11H18N2O2. The number of rotatable bonds is 6. The molecule has 1 atom stereocenters. The van der Waals surface area contributed by atoms with Crippen LogP contribution in [0.3, 0.4) is 0 Å². The molecule has 0 aliphatic heterocycles. The Balaban J connectivity index is 2.66. The molecule has 0 amide bonds. The number of nitrogens with zero attached hydrogens (tertiary/aromatic N) is 1. The third-order valence-corrected chi connectivity index (χ3v) is 2.02. The molecule has 1 aromatic rings. The zero-order chi connectivity index (χ0) is 11.1. The van der Waals surface area contributed by atoms with Gasteiger partial charge in [-0.3, -0.25) is 0 Å². The lowest BCUT2D eigenvalue weighted by Gasteiger charge is -2.15. The predicted octanol–water partition coefficient (Wildman–Crippen LogP) is 1.66. The van der Waals surface area contributed by atoms with E-state index in [1.807, 2.05) is 26.0 Å². The summed E-state index contributed by atoms with van der Waals surface area (Å²) in [5.41, 5.74) is 0. The van der Waals surface area contributed by atoms with E-state index in [4.69, 9.17) is 9.84 Å². The van der Waals surface area contributed by atoms with Gasteiger partial charge in [0.1, 0.15) is 0 Å². The van der Waals surface area contributed by atoms with Crippen LogP contribution in [0.1, 0.15) is 20.3 Å². The lowest BCUT2D eigenvalue weighted by Crippen LogP contribution is -2.18. The summed E-state index contributed by atoms with van der Waals surface area (Å²) in [7, 11) is 0. The molecular weight excluding hydrogens is 192 g/mol. The third kappa shape index (κ3) is 3.75. The highest BCUT2D eigenvalue weighted by molar-refractivity contribution is 5.49. The molecule has 0 bridgehead atoms. The van der Waals surface area contributed by atoms with Gasteiger partial charge >= 0.3 is 0 Å². The lowest BCUT2D eigenvalue weighted by atomic mass is 10.2. The van der Waals surface area contributed by atoms with Crippen LogP contribution in [0.25, 0.3) is 0 Å². The van der Waals surface area contributed by atoms with Gasteiger partial charge in [0.05, 0.1) is 6.61 Å². The Hall–Kier alpha value is -1.29. The number of nitrogens with one attached hydrogen (secondary N) is 1. The molecule has 1 heterocycles. The molecule has 0 fully saturated rings. The Kier molecular flexibility index (Phi) is 4.90. The molecule has 84 valence electrons. The van der Waals surface area contributed by atoms with Crippen LogP contribution < -0.4 is 10.1 Å². The van der Waals surface area contributed by atoms with Crippen molar-refractivity contribution in [3.8, 4) is 5.75 Å². The van der Waals surface area contributed by atoms with Gasteiger partial charge in [-0.15, -0.1) is 0 Å². The number of hydrogen-bond donors (Lipinski definition) is 2. The van der Waals surface area contributed by atoms with Crippen LogP contribution in [0.2, 0.25) is 0 Å². The molecule has 2 N–H and O–H groups in total. The molecule has 4 heteroatoms. The quantitative estimate of drug-likeness (QED) is 0.749.